The highest BCUT2D eigenvalue weighted by molar-refractivity contribution is 6.32. The molecule has 138 valence electrons. The van der Waals surface area contributed by atoms with Gasteiger partial charge < -0.3 is 9.84 Å². The summed E-state index contributed by atoms with van der Waals surface area (Å²) in [6, 6.07) is 4.29. The highest BCUT2D eigenvalue weighted by Gasteiger charge is 2.31. The molecule has 2 atom stereocenters. The number of benzene rings is 1. The Balaban J connectivity index is 1.87. The first-order valence-electron chi connectivity index (χ1n) is 8.39. The number of unbranched alkanes of at least 4 members (excludes halogenated alkanes) is 1. The Morgan fingerprint density at radius 3 is 2.68 bits per heavy atom. The molecule has 0 aliphatic heterocycles. The standard InChI is InChI=1S/C18H25ClFN3O2/c1-18(2,3)17(24)15(23-12-21-11-22-23)9-4-5-10-25-16-13(19)7-6-8-14(16)20/h6-8,11-12,15,17,24H,4-5,9-10H2,1-3H3. The van der Waals surface area contributed by atoms with Gasteiger partial charge in [-0.05, 0) is 36.8 Å². The van der Waals surface area contributed by atoms with Crippen LogP contribution in [0.2, 0.25) is 5.02 Å². The summed E-state index contributed by atoms with van der Waals surface area (Å²) in [5, 5.41) is 15.1. The fourth-order valence-corrected chi connectivity index (χ4v) is 2.87. The van der Waals surface area contributed by atoms with Gasteiger partial charge in [-0.1, -0.05) is 38.4 Å². The van der Waals surface area contributed by atoms with Crippen molar-refractivity contribution in [3.05, 3.63) is 41.7 Å². The first-order valence-corrected chi connectivity index (χ1v) is 8.77. The van der Waals surface area contributed by atoms with E-state index in [0.717, 1.165) is 12.8 Å². The molecule has 0 bridgehead atoms. The second kappa shape index (κ2) is 8.63. The Morgan fingerprint density at radius 1 is 1.32 bits per heavy atom. The Hall–Kier alpha value is -1.66. The molecular weight excluding hydrogens is 345 g/mol. The summed E-state index contributed by atoms with van der Waals surface area (Å²) in [5.74, 6) is -0.372. The maximum atomic E-state index is 13.6. The topological polar surface area (TPSA) is 60.2 Å². The van der Waals surface area contributed by atoms with Crippen molar-refractivity contribution in [3.63, 3.8) is 0 Å². The van der Waals surface area contributed by atoms with Gasteiger partial charge in [0.1, 0.15) is 12.7 Å². The molecule has 25 heavy (non-hydrogen) atoms. The number of aliphatic hydroxyl groups is 1. The summed E-state index contributed by atoms with van der Waals surface area (Å²) in [7, 11) is 0. The van der Waals surface area contributed by atoms with Gasteiger partial charge in [-0.15, -0.1) is 0 Å². The van der Waals surface area contributed by atoms with Crippen LogP contribution in [0.25, 0.3) is 0 Å². The molecule has 1 heterocycles. The number of rotatable bonds is 8. The Morgan fingerprint density at radius 2 is 2.08 bits per heavy atom. The maximum absolute atomic E-state index is 13.6. The van der Waals surface area contributed by atoms with Crippen LogP contribution < -0.4 is 4.74 Å². The molecule has 0 radical (unpaired) electrons. The third-order valence-corrected chi connectivity index (χ3v) is 4.39. The summed E-state index contributed by atoms with van der Waals surface area (Å²) < 4.78 is 20.8. The van der Waals surface area contributed by atoms with Crippen molar-refractivity contribution in [3.8, 4) is 5.75 Å². The highest BCUT2D eigenvalue weighted by atomic mass is 35.5. The van der Waals surface area contributed by atoms with E-state index in [1.54, 1.807) is 23.1 Å². The van der Waals surface area contributed by atoms with Crippen LogP contribution in [0, 0.1) is 11.2 Å². The number of halogens is 2. The molecule has 2 aromatic rings. The third-order valence-electron chi connectivity index (χ3n) is 4.09. The number of nitrogens with zero attached hydrogens (tertiary/aromatic N) is 3. The second-order valence-corrected chi connectivity index (χ2v) is 7.56. The van der Waals surface area contributed by atoms with Crippen LogP contribution in [0.15, 0.2) is 30.9 Å². The van der Waals surface area contributed by atoms with E-state index in [-0.39, 0.29) is 22.2 Å². The molecule has 0 fully saturated rings. The number of ether oxygens (including phenoxy) is 1. The molecule has 0 saturated heterocycles. The zero-order chi connectivity index (χ0) is 18.4. The Labute approximate surface area is 152 Å². The first-order chi connectivity index (χ1) is 11.8. The SMILES string of the molecule is CC(C)(C)C(O)C(CCCCOc1c(F)cccc1Cl)n1cncn1. The van der Waals surface area contributed by atoms with E-state index in [0.29, 0.717) is 13.0 Å². The predicted molar refractivity (Wildman–Crippen MR) is 95.3 cm³/mol. The summed E-state index contributed by atoms with van der Waals surface area (Å²) in [6.45, 7) is 6.33. The van der Waals surface area contributed by atoms with Gasteiger partial charge in [-0.3, -0.25) is 0 Å². The zero-order valence-corrected chi connectivity index (χ0v) is 15.6. The molecule has 5 nitrogen and oxygen atoms in total. The lowest BCUT2D eigenvalue weighted by molar-refractivity contribution is 0.00822. The predicted octanol–water partition coefficient (Wildman–Crippen LogP) is 4.27. The van der Waals surface area contributed by atoms with E-state index >= 15 is 0 Å². The van der Waals surface area contributed by atoms with Gasteiger partial charge in [-0.25, -0.2) is 14.1 Å². The minimum Gasteiger partial charge on any atom is -0.489 e. The minimum atomic E-state index is -0.559. The van der Waals surface area contributed by atoms with Gasteiger partial charge in [0.25, 0.3) is 0 Å². The van der Waals surface area contributed by atoms with Gasteiger partial charge in [0, 0.05) is 0 Å². The van der Waals surface area contributed by atoms with E-state index in [1.807, 2.05) is 20.8 Å². The molecule has 0 saturated carbocycles. The van der Waals surface area contributed by atoms with Crippen molar-refractivity contribution < 1.29 is 14.2 Å². The molecule has 7 heteroatoms. The van der Waals surface area contributed by atoms with Crippen LogP contribution >= 0.6 is 11.6 Å². The van der Waals surface area contributed by atoms with Crippen LogP contribution in [0.4, 0.5) is 4.39 Å². The maximum Gasteiger partial charge on any atom is 0.173 e. The van der Waals surface area contributed by atoms with Crippen LogP contribution in [-0.2, 0) is 0 Å². The third kappa shape index (κ3) is 5.41. The molecule has 0 aliphatic rings. The summed E-state index contributed by atoms with van der Waals surface area (Å²) >= 11 is 5.94. The van der Waals surface area contributed by atoms with Crippen LogP contribution in [0.3, 0.4) is 0 Å². The number of aliphatic hydroxyl groups excluding tert-OH is 1. The second-order valence-electron chi connectivity index (χ2n) is 7.15. The largest absolute Gasteiger partial charge is 0.489 e. The lowest BCUT2D eigenvalue weighted by atomic mass is 9.83. The van der Waals surface area contributed by atoms with Crippen molar-refractivity contribution in [2.24, 2.45) is 5.41 Å². The van der Waals surface area contributed by atoms with Crippen molar-refractivity contribution in [2.75, 3.05) is 6.61 Å². The summed E-state index contributed by atoms with van der Waals surface area (Å²) in [6.07, 6.45) is 4.75. The fourth-order valence-electron chi connectivity index (χ4n) is 2.65. The Kier molecular flexibility index (Phi) is 6.79. The zero-order valence-electron chi connectivity index (χ0n) is 14.8. The lowest BCUT2D eigenvalue weighted by Gasteiger charge is -2.33. The van der Waals surface area contributed by atoms with E-state index in [1.165, 1.54) is 12.4 Å². The monoisotopic (exact) mass is 369 g/mol. The minimum absolute atomic E-state index is 0.0896. The van der Waals surface area contributed by atoms with Crippen molar-refractivity contribution in [2.45, 2.75) is 52.2 Å². The summed E-state index contributed by atoms with van der Waals surface area (Å²) in [5.41, 5.74) is -0.270. The van der Waals surface area contributed by atoms with Gasteiger partial charge in [-0.2, -0.15) is 5.10 Å². The number of aromatic nitrogens is 3. The summed E-state index contributed by atoms with van der Waals surface area (Å²) in [4.78, 5) is 3.97. The molecule has 2 unspecified atom stereocenters. The lowest BCUT2D eigenvalue weighted by Crippen LogP contribution is -2.35. The van der Waals surface area contributed by atoms with Crippen molar-refractivity contribution in [1.82, 2.24) is 14.8 Å². The van der Waals surface area contributed by atoms with Crippen molar-refractivity contribution >= 4 is 11.6 Å². The molecule has 0 aliphatic carbocycles. The normalized spacial score (nSPS) is 14.3. The first kappa shape index (κ1) is 19.7. The van der Waals surface area contributed by atoms with Crippen LogP contribution in [0.1, 0.15) is 46.1 Å². The van der Waals surface area contributed by atoms with E-state index in [9.17, 15) is 9.50 Å². The Bertz CT molecular complexity index is 639. The molecule has 1 aromatic heterocycles. The molecule has 0 spiro atoms. The molecule has 0 amide bonds. The highest BCUT2D eigenvalue weighted by Crippen LogP contribution is 2.31. The van der Waals surface area contributed by atoms with E-state index < -0.39 is 11.9 Å². The average Bonchev–Trinajstić information content (AvgIpc) is 3.06. The molecule has 1 N–H and O–H groups in total. The van der Waals surface area contributed by atoms with Gasteiger partial charge >= 0.3 is 0 Å². The van der Waals surface area contributed by atoms with E-state index in [4.69, 9.17) is 16.3 Å². The average molecular weight is 370 g/mol. The number of para-hydroxylation sites is 1. The molecular formula is C18H25ClFN3O2. The van der Waals surface area contributed by atoms with Crippen molar-refractivity contribution in [1.29, 1.82) is 0 Å². The fraction of sp³-hybridized carbons (Fsp3) is 0.556. The quantitative estimate of drug-likeness (QED) is 0.706. The smallest absolute Gasteiger partial charge is 0.173 e. The van der Waals surface area contributed by atoms with Gasteiger partial charge in [0.05, 0.1) is 23.8 Å². The van der Waals surface area contributed by atoms with Gasteiger partial charge in [0.2, 0.25) is 0 Å². The molecule has 2 rings (SSSR count). The number of hydrogen-bond donors (Lipinski definition) is 1. The van der Waals surface area contributed by atoms with Gasteiger partial charge in [0.15, 0.2) is 11.6 Å². The molecule has 1 aromatic carbocycles. The van der Waals surface area contributed by atoms with E-state index in [2.05, 4.69) is 10.1 Å². The van der Waals surface area contributed by atoms with Crippen LogP contribution in [0.5, 0.6) is 5.75 Å². The van der Waals surface area contributed by atoms with Crippen LogP contribution in [-0.4, -0.2) is 32.6 Å². The number of hydrogen-bond acceptors (Lipinski definition) is 4.